The molecule has 0 aromatic heterocycles. The molecule has 0 spiro atoms. The van der Waals surface area contributed by atoms with E-state index >= 15 is 0 Å². The molecule has 0 aromatic rings. The Labute approximate surface area is 112 Å². The van der Waals surface area contributed by atoms with Gasteiger partial charge in [0.25, 0.3) is 0 Å². The minimum atomic E-state index is -0.635. The lowest BCUT2D eigenvalue weighted by Crippen LogP contribution is -2.27. The third kappa shape index (κ3) is 8.06. The van der Waals surface area contributed by atoms with Crippen molar-refractivity contribution in [2.75, 3.05) is 6.61 Å². The maximum atomic E-state index is 9.74. The zero-order chi connectivity index (χ0) is 13.1. The van der Waals surface area contributed by atoms with Gasteiger partial charge in [0.15, 0.2) is 12.6 Å². The molecule has 2 atom stereocenters. The molecule has 1 rings (SSSR count). The van der Waals surface area contributed by atoms with Crippen LogP contribution in [0.5, 0.6) is 0 Å². The first-order chi connectivity index (χ1) is 8.83. The molecule has 1 saturated heterocycles. The Bertz CT molecular complexity index is 179. The average Bonchev–Trinajstić information content (AvgIpc) is 2.39. The normalized spacial score (nSPS) is 22.0. The number of aliphatic hydroxyl groups is 1. The van der Waals surface area contributed by atoms with Crippen molar-refractivity contribution < 1.29 is 14.6 Å². The fourth-order valence-electron chi connectivity index (χ4n) is 2.34. The van der Waals surface area contributed by atoms with Gasteiger partial charge in [-0.25, -0.2) is 0 Å². The number of hydrogen-bond donors (Lipinski definition) is 1. The van der Waals surface area contributed by atoms with E-state index < -0.39 is 6.29 Å². The van der Waals surface area contributed by atoms with Crippen molar-refractivity contribution in [2.45, 2.75) is 90.1 Å². The van der Waals surface area contributed by atoms with Crippen molar-refractivity contribution in [3.63, 3.8) is 0 Å². The third-order valence-electron chi connectivity index (χ3n) is 3.50. The fourth-order valence-corrected chi connectivity index (χ4v) is 2.34. The molecular formula is C15H30O3. The van der Waals surface area contributed by atoms with Gasteiger partial charge in [0.05, 0.1) is 0 Å². The largest absolute Gasteiger partial charge is 0.368 e. The van der Waals surface area contributed by atoms with E-state index in [9.17, 15) is 5.11 Å². The van der Waals surface area contributed by atoms with Crippen LogP contribution in [0.3, 0.4) is 0 Å². The van der Waals surface area contributed by atoms with E-state index in [1.807, 2.05) is 0 Å². The van der Waals surface area contributed by atoms with E-state index in [0.717, 1.165) is 38.7 Å². The predicted molar refractivity (Wildman–Crippen MR) is 73.3 cm³/mol. The highest BCUT2D eigenvalue weighted by Gasteiger charge is 2.17. The Morgan fingerprint density at radius 1 is 1.11 bits per heavy atom. The summed E-state index contributed by atoms with van der Waals surface area (Å²) in [6.45, 7) is 3.01. The molecule has 3 nitrogen and oxygen atoms in total. The van der Waals surface area contributed by atoms with Crippen LogP contribution in [0, 0.1) is 0 Å². The van der Waals surface area contributed by atoms with Gasteiger partial charge in [-0.1, -0.05) is 45.4 Å². The van der Waals surface area contributed by atoms with Crippen molar-refractivity contribution in [2.24, 2.45) is 0 Å². The molecule has 0 aliphatic carbocycles. The summed E-state index contributed by atoms with van der Waals surface area (Å²) in [6.07, 6.45) is 12.0. The average molecular weight is 258 g/mol. The molecule has 0 bridgehead atoms. The second-order valence-electron chi connectivity index (χ2n) is 5.30. The highest BCUT2D eigenvalue weighted by molar-refractivity contribution is 4.56. The quantitative estimate of drug-likeness (QED) is 0.475. The van der Waals surface area contributed by atoms with Gasteiger partial charge >= 0.3 is 0 Å². The lowest BCUT2D eigenvalue weighted by atomic mass is 10.1. The Hall–Kier alpha value is -0.120. The van der Waals surface area contributed by atoms with Crippen molar-refractivity contribution in [3.8, 4) is 0 Å². The van der Waals surface area contributed by atoms with Crippen LogP contribution in [0.15, 0.2) is 0 Å². The van der Waals surface area contributed by atoms with Crippen LogP contribution in [0.2, 0.25) is 0 Å². The van der Waals surface area contributed by atoms with Crippen LogP contribution >= 0.6 is 0 Å². The van der Waals surface area contributed by atoms with Crippen LogP contribution < -0.4 is 0 Å². The van der Waals surface area contributed by atoms with Crippen LogP contribution in [0.25, 0.3) is 0 Å². The first-order valence-corrected chi connectivity index (χ1v) is 7.78. The second kappa shape index (κ2) is 10.8. The molecule has 1 fully saturated rings. The van der Waals surface area contributed by atoms with Crippen LogP contribution in [-0.2, 0) is 9.47 Å². The number of aliphatic hydroxyl groups excluding tert-OH is 1. The van der Waals surface area contributed by atoms with E-state index in [1.165, 1.54) is 38.5 Å². The lowest BCUT2D eigenvalue weighted by Gasteiger charge is -2.25. The SMILES string of the molecule is CCCCCCCCCC(O)OC1CCCCO1. The summed E-state index contributed by atoms with van der Waals surface area (Å²) < 4.78 is 10.9. The van der Waals surface area contributed by atoms with Crippen LogP contribution in [0.4, 0.5) is 0 Å². The number of unbranched alkanes of at least 4 members (excludes halogenated alkanes) is 6. The predicted octanol–water partition coefficient (Wildman–Crippen LogP) is 3.99. The van der Waals surface area contributed by atoms with Crippen molar-refractivity contribution in [1.82, 2.24) is 0 Å². The highest BCUT2D eigenvalue weighted by atomic mass is 16.7. The smallest absolute Gasteiger partial charge is 0.160 e. The number of rotatable bonds is 10. The number of ether oxygens (including phenoxy) is 2. The van der Waals surface area contributed by atoms with Gasteiger partial charge in [-0.15, -0.1) is 0 Å². The summed E-state index contributed by atoms with van der Waals surface area (Å²) in [5.74, 6) is 0. The van der Waals surface area contributed by atoms with Gasteiger partial charge in [0.1, 0.15) is 0 Å². The summed E-state index contributed by atoms with van der Waals surface area (Å²) in [4.78, 5) is 0. The summed E-state index contributed by atoms with van der Waals surface area (Å²) in [5.41, 5.74) is 0. The van der Waals surface area contributed by atoms with E-state index in [1.54, 1.807) is 0 Å². The molecule has 1 aliphatic rings. The van der Waals surface area contributed by atoms with Crippen molar-refractivity contribution in [1.29, 1.82) is 0 Å². The topological polar surface area (TPSA) is 38.7 Å². The summed E-state index contributed by atoms with van der Waals surface area (Å²) in [7, 11) is 0. The van der Waals surface area contributed by atoms with Gasteiger partial charge in [-0.05, 0) is 32.1 Å². The second-order valence-corrected chi connectivity index (χ2v) is 5.30. The Kier molecular flexibility index (Phi) is 9.54. The summed E-state index contributed by atoms with van der Waals surface area (Å²) in [6, 6.07) is 0. The molecule has 1 aliphatic heterocycles. The van der Waals surface area contributed by atoms with Crippen LogP contribution in [-0.4, -0.2) is 24.3 Å². The lowest BCUT2D eigenvalue weighted by molar-refractivity contribution is -0.241. The molecule has 1 N–H and O–H groups in total. The fraction of sp³-hybridized carbons (Fsp3) is 1.00. The molecule has 0 saturated carbocycles. The molecule has 0 aromatic carbocycles. The van der Waals surface area contributed by atoms with Gasteiger partial charge in [0, 0.05) is 6.61 Å². The minimum Gasteiger partial charge on any atom is -0.368 e. The molecule has 0 radical (unpaired) electrons. The van der Waals surface area contributed by atoms with Crippen molar-refractivity contribution >= 4 is 0 Å². The van der Waals surface area contributed by atoms with Gasteiger partial charge < -0.3 is 14.6 Å². The van der Waals surface area contributed by atoms with Crippen LogP contribution in [0.1, 0.15) is 77.6 Å². The van der Waals surface area contributed by atoms with E-state index in [0.29, 0.717) is 0 Å². The first kappa shape index (κ1) is 15.9. The van der Waals surface area contributed by atoms with E-state index in [2.05, 4.69) is 6.92 Å². The maximum absolute atomic E-state index is 9.74. The Morgan fingerprint density at radius 3 is 2.50 bits per heavy atom. The molecule has 108 valence electrons. The van der Waals surface area contributed by atoms with Crippen molar-refractivity contribution in [3.05, 3.63) is 0 Å². The van der Waals surface area contributed by atoms with E-state index in [4.69, 9.17) is 9.47 Å². The zero-order valence-electron chi connectivity index (χ0n) is 11.9. The molecule has 0 amide bonds. The summed E-state index contributed by atoms with van der Waals surface area (Å²) in [5, 5.41) is 9.74. The highest BCUT2D eigenvalue weighted by Crippen LogP contribution is 2.17. The zero-order valence-corrected chi connectivity index (χ0v) is 11.9. The standard InChI is InChI=1S/C15H30O3/c1-2-3-4-5-6-7-8-11-14(16)18-15-12-9-10-13-17-15/h14-16H,2-13H2,1H3. The van der Waals surface area contributed by atoms with Gasteiger partial charge in [0.2, 0.25) is 0 Å². The third-order valence-corrected chi connectivity index (χ3v) is 3.50. The summed E-state index contributed by atoms with van der Waals surface area (Å²) >= 11 is 0. The molecule has 2 unspecified atom stereocenters. The van der Waals surface area contributed by atoms with Gasteiger partial charge in [-0.2, -0.15) is 0 Å². The monoisotopic (exact) mass is 258 g/mol. The van der Waals surface area contributed by atoms with Gasteiger partial charge in [-0.3, -0.25) is 0 Å². The molecular weight excluding hydrogens is 228 g/mol. The minimum absolute atomic E-state index is 0.168. The molecule has 18 heavy (non-hydrogen) atoms. The maximum Gasteiger partial charge on any atom is 0.160 e. The first-order valence-electron chi connectivity index (χ1n) is 7.78. The molecule has 3 heteroatoms. The number of hydrogen-bond acceptors (Lipinski definition) is 3. The Balaban J connectivity index is 1.88. The van der Waals surface area contributed by atoms with E-state index in [-0.39, 0.29) is 6.29 Å². The molecule has 1 heterocycles. The Morgan fingerprint density at radius 2 is 1.83 bits per heavy atom.